The third-order valence-electron chi connectivity index (χ3n) is 6.07. The van der Waals surface area contributed by atoms with Crippen molar-refractivity contribution in [2.45, 2.75) is 45.2 Å². The second-order valence-corrected chi connectivity index (χ2v) is 8.01. The number of hydrogen-bond donors (Lipinski definition) is 2. The normalized spacial score (nSPS) is 16.4. The number of benzene rings is 1. The Morgan fingerprint density at radius 1 is 1.22 bits per heavy atom. The van der Waals surface area contributed by atoms with Crippen molar-refractivity contribution in [2.24, 2.45) is 0 Å². The minimum Gasteiger partial charge on any atom is -0.502 e. The van der Waals surface area contributed by atoms with E-state index in [0.717, 1.165) is 31.7 Å². The number of carbonyl (C=O) groups is 2. The predicted octanol–water partition coefficient (Wildman–Crippen LogP) is 2.08. The minimum absolute atomic E-state index is 0.0448. The number of hydrogen-bond acceptors (Lipinski definition) is 5. The van der Waals surface area contributed by atoms with E-state index in [1.807, 2.05) is 11.9 Å². The number of nitrogens with one attached hydrogen (secondary N) is 1. The molecule has 2 amide bonds. The van der Waals surface area contributed by atoms with E-state index < -0.39 is 34.6 Å². The van der Waals surface area contributed by atoms with Crippen molar-refractivity contribution in [3.63, 3.8) is 0 Å². The van der Waals surface area contributed by atoms with Gasteiger partial charge in [0.15, 0.2) is 11.4 Å². The summed E-state index contributed by atoms with van der Waals surface area (Å²) in [5.74, 6) is -3.68. The molecule has 0 atom stereocenters. The van der Waals surface area contributed by atoms with E-state index in [4.69, 9.17) is 0 Å². The molecule has 0 radical (unpaired) electrons. The lowest BCUT2D eigenvalue weighted by Crippen LogP contribution is -2.57. The Morgan fingerprint density at radius 3 is 2.59 bits per heavy atom. The Kier molecular flexibility index (Phi) is 5.86. The van der Waals surface area contributed by atoms with Crippen LogP contribution in [0.5, 0.6) is 5.75 Å². The second-order valence-electron chi connectivity index (χ2n) is 8.01. The highest BCUT2D eigenvalue weighted by Crippen LogP contribution is 2.28. The molecule has 2 N–H and O–H groups in total. The summed E-state index contributed by atoms with van der Waals surface area (Å²) in [6, 6.07) is 3.06. The Morgan fingerprint density at radius 2 is 1.94 bits per heavy atom. The Bertz CT molecular complexity index is 1130. The number of rotatable bonds is 5. The van der Waals surface area contributed by atoms with Crippen LogP contribution in [-0.4, -0.2) is 45.8 Å². The summed E-state index contributed by atoms with van der Waals surface area (Å²) in [5, 5.41) is 14.9. The number of aromatic nitrogens is 1. The lowest BCUT2D eigenvalue weighted by atomic mass is 10.1. The van der Waals surface area contributed by atoms with Crippen molar-refractivity contribution in [1.82, 2.24) is 14.9 Å². The molecule has 0 spiro atoms. The van der Waals surface area contributed by atoms with Crippen molar-refractivity contribution in [1.29, 1.82) is 0 Å². The van der Waals surface area contributed by atoms with E-state index in [2.05, 4.69) is 5.32 Å². The zero-order valence-electron chi connectivity index (χ0n) is 17.6. The number of carbonyl (C=O) groups excluding carboxylic acids is 2. The van der Waals surface area contributed by atoms with Gasteiger partial charge in [0, 0.05) is 37.0 Å². The molecule has 1 aromatic heterocycles. The van der Waals surface area contributed by atoms with E-state index in [0.29, 0.717) is 12.6 Å². The average molecular weight is 446 g/mol. The number of halogens is 2. The van der Waals surface area contributed by atoms with Gasteiger partial charge in [0.25, 0.3) is 11.8 Å². The maximum Gasteiger partial charge on any atom is 0.277 e. The largest absolute Gasteiger partial charge is 0.502 e. The standard InChI is InChI=1S/C22H24F2N4O4/c1-2-26-12-28(15-5-3-4-6-15)27-11-16(19(29)20(30)18(27)22(26)32)21(31)25-10-13-7-8-14(23)9-17(13)24/h7-9,11,15,30H,2-6,10,12H2,1H3,(H,25,31). The smallest absolute Gasteiger partial charge is 0.277 e. The molecule has 0 unspecified atom stereocenters. The zero-order chi connectivity index (χ0) is 23.0. The maximum atomic E-state index is 13.9. The van der Waals surface area contributed by atoms with Gasteiger partial charge in [0.05, 0.1) is 0 Å². The summed E-state index contributed by atoms with van der Waals surface area (Å²) in [6.45, 7) is 2.21. The molecule has 2 heterocycles. The molecule has 0 saturated heterocycles. The van der Waals surface area contributed by atoms with Gasteiger partial charge in [0.2, 0.25) is 5.43 Å². The molecule has 2 aliphatic rings. The van der Waals surface area contributed by atoms with Crippen LogP contribution in [0.2, 0.25) is 0 Å². The van der Waals surface area contributed by atoms with Crippen LogP contribution in [0.4, 0.5) is 8.78 Å². The van der Waals surface area contributed by atoms with Crippen LogP contribution in [0.3, 0.4) is 0 Å². The number of aromatic hydroxyl groups is 1. The molecule has 170 valence electrons. The molecule has 10 heteroatoms. The zero-order valence-corrected chi connectivity index (χ0v) is 17.6. The molecule has 1 saturated carbocycles. The average Bonchev–Trinajstić information content (AvgIpc) is 3.30. The van der Waals surface area contributed by atoms with E-state index in [1.54, 1.807) is 0 Å². The third kappa shape index (κ3) is 3.80. The van der Waals surface area contributed by atoms with Crippen LogP contribution in [0.25, 0.3) is 0 Å². The summed E-state index contributed by atoms with van der Waals surface area (Å²) in [7, 11) is 0. The first-order chi connectivity index (χ1) is 15.3. The number of amides is 2. The number of pyridine rings is 1. The van der Waals surface area contributed by atoms with Gasteiger partial charge >= 0.3 is 0 Å². The van der Waals surface area contributed by atoms with Gasteiger partial charge in [-0.3, -0.25) is 24.1 Å². The fourth-order valence-corrected chi connectivity index (χ4v) is 4.28. The Hall–Kier alpha value is -3.43. The first kappa shape index (κ1) is 21.8. The van der Waals surface area contributed by atoms with Gasteiger partial charge < -0.3 is 15.3 Å². The monoisotopic (exact) mass is 446 g/mol. The first-order valence-electron chi connectivity index (χ1n) is 10.6. The minimum atomic E-state index is -0.981. The highest BCUT2D eigenvalue weighted by molar-refractivity contribution is 5.99. The van der Waals surface area contributed by atoms with Crippen molar-refractivity contribution in [2.75, 3.05) is 18.2 Å². The van der Waals surface area contributed by atoms with Crippen LogP contribution < -0.4 is 15.8 Å². The van der Waals surface area contributed by atoms with E-state index in [9.17, 15) is 28.3 Å². The van der Waals surface area contributed by atoms with E-state index >= 15 is 0 Å². The summed E-state index contributed by atoms with van der Waals surface area (Å²) < 4.78 is 28.4. The highest BCUT2D eigenvalue weighted by atomic mass is 19.1. The first-order valence-corrected chi connectivity index (χ1v) is 10.6. The summed E-state index contributed by atoms with van der Waals surface area (Å²) >= 11 is 0. The van der Waals surface area contributed by atoms with Crippen molar-refractivity contribution in [3.05, 3.63) is 63.1 Å². The van der Waals surface area contributed by atoms with Crippen molar-refractivity contribution in [3.8, 4) is 5.75 Å². The van der Waals surface area contributed by atoms with Crippen LogP contribution >= 0.6 is 0 Å². The predicted molar refractivity (Wildman–Crippen MR) is 112 cm³/mol. The quantitative estimate of drug-likeness (QED) is 0.734. The molecule has 0 bridgehead atoms. The van der Waals surface area contributed by atoms with E-state index in [1.165, 1.54) is 21.8 Å². The fraction of sp³-hybridized carbons (Fsp3) is 0.409. The van der Waals surface area contributed by atoms with Crippen molar-refractivity contribution < 1.29 is 23.5 Å². The number of nitrogens with zero attached hydrogens (tertiary/aromatic N) is 3. The summed E-state index contributed by atoms with van der Waals surface area (Å²) in [4.78, 5) is 39.9. The van der Waals surface area contributed by atoms with Gasteiger partial charge in [-0.2, -0.15) is 0 Å². The van der Waals surface area contributed by atoms with Gasteiger partial charge in [-0.25, -0.2) is 8.78 Å². The second kappa shape index (κ2) is 8.60. The Balaban J connectivity index is 1.69. The lowest BCUT2D eigenvalue weighted by Gasteiger charge is -2.42. The molecule has 1 aromatic carbocycles. The molecule has 4 rings (SSSR count). The molecule has 1 fully saturated rings. The molecule has 1 aliphatic heterocycles. The van der Waals surface area contributed by atoms with Crippen LogP contribution in [-0.2, 0) is 6.54 Å². The fourth-order valence-electron chi connectivity index (χ4n) is 4.28. The summed E-state index contributed by atoms with van der Waals surface area (Å²) in [6.07, 6.45) is 5.10. The van der Waals surface area contributed by atoms with Crippen molar-refractivity contribution >= 4 is 11.8 Å². The van der Waals surface area contributed by atoms with Gasteiger partial charge in [-0.05, 0) is 25.8 Å². The highest BCUT2D eigenvalue weighted by Gasteiger charge is 2.37. The van der Waals surface area contributed by atoms with Gasteiger partial charge in [-0.1, -0.05) is 18.9 Å². The third-order valence-corrected chi connectivity index (χ3v) is 6.07. The lowest BCUT2D eigenvalue weighted by molar-refractivity contribution is 0.0685. The molecule has 32 heavy (non-hydrogen) atoms. The molecule has 1 aliphatic carbocycles. The molecular formula is C22H24F2N4O4. The maximum absolute atomic E-state index is 13.9. The topological polar surface area (TPSA) is 94.9 Å². The van der Waals surface area contributed by atoms with E-state index in [-0.39, 0.29) is 36.1 Å². The Labute approximate surface area is 183 Å². The van der Waals surface area contributed by atoms with Crippen LogP contribution in [0.1, 0.15) is 59.0 Å². The van der Waals surface area contributed by atoms with Crippen LogP contribution in [0.15, 0.2) is 29.2 Å². The SMILES string of the molecule is CCN1CN(C2CCCC2)n2cc(C(=O)NCc3ccc(F)cc3F)c(=O)c(O)c2C1=O. The summed E-state index contributed by atoms with van der Waals surface area (Å²) in [5.41, 5.74) is -1.47. The molecule has 2 aromatic rings. The number of fused-ring (bicyclic) bond motifs is 1. The molecular weight excluding hydrogens is 422 g/mol. The van der Waals surface area contributed by atoms with Gasteiger partial charge in [0.1, 0.15) is 23.9 Å². The van der Waals surface area contributed by atoms with Crippen LogP contribution in [0, 0.1) is 11.6 Å². The molecule has 8 nitrogen and oxygen atoms in total. The van der Waals surface area contributed by atoms with Gasteiger partial charge in [-0.15, -0.1) is 0 Å².